The van der Waals surface area contributed by atoms with E-state index in [-0.39, 0.29) is 5.91 Å². The van der Waals surface area contributed by atoms with Gasteiger partial charge in [0.05, 0.1) is 12.2 Å². The minimum absolute atomic E-state index is 0.0596. The molecule has 2 saturated heterocycles. The van der Waals surface area contributed by atoms with Gasteiger partial charge in [0.25, 0.3) is 5.91 Å². The van der Waals surface area contributed by atoms with Crippen LogP contribution in [0.25, 0.3) is 0 Å². The number of carbonyl (C=O) groups excluding carboxylic acids is 1. The molecule has 3 aliphatic rings. The lowest BCUT2D eigenvalue weighted by Gasteiger charge is -2.36. The van der Waals surface area contributed by atoms with E-state index in [1.54, 1.807) is 0 Å². The molecule has 0 radical (unpaired) electrons. The number of piperidine rings is 2. The lowest BCUT2D eigenvalue weighted by atomic mass is 10.0. The van der Waals surface area contributed by atoms with Crippen molar-refractivity contribution in [2.75, 3.05) is 26.2 Å². The van der Waals surface area contributed by atoms with Crippen LogP contribution in [0.4, 0.5) is 0 Å². The van der Waals surface area contributed by atoms with Crippen LogP contribution in [0.3, 0.4) is 0 Å². The predicted molar refractivity (Wildman–Crippen MR) is 91.9 cm³/mol. The van der Waals surface area contributed by atoms with Gasteiger partial charge in [-0.3, -0.25) is 9.69 Å². The van der Waals surface area contributed by atoms with Crippen molar-refractivity contribution in [3.8, 4) is 0 Å². The van der Waals surface area contributed by atoms with Gasteiger partial charge in [0.1, 0.15) is 0 Å². The summed E-state index contributed by atoms with van der Waals surface area (Å²) in [6.45, 7) is 4.01. The molecule has 0 N–H and O–H groups in total. The van der Waals surface area contributed by atoms with Gasteiger partial charge in [-0.2, -0.15) is 0 Å². The smallest absolute Gasteiger partial charge is 0.276 e. The van der Waals surface area contributed by atoms with Crippen molar-refractivity contribution in [1.29, 1.82) is 0 Å². The van der Waals surface area contributed by atoms with Gasteiger partial charge in [-0.25, -0.2) is 4.68 Å². The van der Waals surface area contributed by atoms with Crippen molar-refractivity contribution >= 4 is 5.91 Å². The van der Waals surface area contributed by atoms with Gasteiger partial charge in [-0.1, -0.05) is 18.1 Å². The molecule has 3 fully saturated rings. The van der Waals surface area contributed by atoms with E-state index in [2.05, 4.69) is 15.2 Å². The molecule has 1 aliphatic carbocycles. The normalized spacial score (nSPS) is 26.8. The van der Waals surface area contributed by atoms with E-state index in [1.807, 2.05) is 15.8 Å². The molecule has 3 heterocycles. The maximum atomic E-state index is 12.6. The van der Waals surface area contributed by atoms with E-state index in [1.165, 1.54) is 45.1 Å². The predicted octanol–water partition coefficient (Wildman–Crippen LogP) is 2.48. The summed E-state index contributed by atoms with van der Waals surface area (Å²) in [6.07, 6.45) is 13.2. The van der Waals surface area contributed by atoms with Crippen LogP contribution in [-0.4, -0.2) is 62.9 Å². The second kappa shape index (κ2) is 7.21. The number of rotatable bonds is 3. The molecule has 0 bridgehead atoms. The highest BCUT2D eigenvalue weighted by atomic mass is 16.2. The molecular formula is C18H29N5O. The van der Waals surface area contributed by atoms with Crippen LogP contribution in [0.5, 0.6) is 0 Å². The number of hydrogen-bond acceptors (Lipinski definition) is 4. The number of hydrogen-bond donors (Lipinski definition) is 0. The first-order valence-corrected chi connectivity index (χ1v) is 9.76. The molecule has 2 aliphatic heterocycles. The Morgan fingerprint density at radius 2 is 1.67 bits per heavy atom. The van der Waals surface area contributed by atoms with Crippen LogP contribution in [-0.2, 0) is 0 Å². The molecule has 1 unspecified atom stereocenters. The Labute approximate surface area is 144 Å². The molecule has 24 heavy (non-hydrogen) atoms. The van der Waals surface area contributed by atoms with Crippen molar-refractivity contribution in [3.63, 3.8) is 0 Å². The van der Waals surface area contributed by atoms with Crippen molar-refractivity contribution in [1.82, 2.24) is 24.8 Å². The van der Waals surface area contributed by atoms with Crippen LogP contribution in [0.1, 0.15) is 74.3 Å². The molecule has 6 nitrogen and oxygen atoms in total. The third-order valence-corrected chi connectivity index (χ3v) is 6.02. The SMILES string of the molecule is O=C(c1cn(C2CCCN(C3CCCC3)C2)nn1)N1CCCCC1. The van der Waals surface area contributed by atoms with Gasteiger partial charge in [-0.05, 0) is 51.5 Å². The van der Waals surface area contributed by atoms with Gasteiger partial charge in [0, 0.05) is 25.7 Å². The van der Waals surface area contributed by atoms with E-state index in [9.17, 15) is 4.79 Å². The Morgan fingerprint density at radius 3 is 2.46 bits per heavy atom. The summed E-state index contributed by atoms with van der Waals surface area (Å²) in [5, 5.41) is 8.50. The van der Waals surface area contributed by atoms with E-state index in [0.29, 0.717) is 11.7 Å². The quantitative estimate of drug-likeness (QED) is 0.854. The van der Waals surface area contributed by atoms with Gasteiger partial charge >= 0.3 is 0 Å². The maximum Gasteiger partial charge on any atom is 0.276 e. The average molecular weight is 331 g/mol. The number of aromatic nitrogens is 3. The molecule has 132 valence electrons. The van der Waals surface area contributed by atoms with Gasteiger partial charge in [0.15, 0.2) is 5.69 Å². The van der Waals surface area contributed by atoms with Crippen molar-refractivity contribution in [3.05, 3.63) is 11.9 Å². The summed E-state index contributed by atoms with van der Waals surface area (Å²) in [7, 11) is 0. The Balaban J connectivity index is 1.41. The highest BCUT2D eigenvalue weighted by Gasteiger charge is 2.30. The molecule has 0 aromatic carbocycles. The van der Waals surface area contributed by atoms with Crippen LogP contribution in [0, 0.1) is 0 Å². The van der Waals surface area contributed by atoms with E-state index in [4.69, 9.17) is 0 Å². The first-order valence-electron chi connectivity index (χ1n) is 9.76. The fourth-order valence-corrected chi connectivity index (χ4v) is 4.61. The molecule has 1 aromatic heterocycles. The third kappa shape index (κ3) is 3.34. The largest absolute Gasteiger partial charge is 0.337 e. The van der Waals surface area contributed by atoms with Gasteiger partial charge < -0.3 is 4.90 Å². The highest BCUT2D eigenvalue weighted by Crippen LogP contribution is 2.29. The summed E-state index contributed by atoms with van der Waals surface area (Å²) in [6, 6.07) is 1.14. The molecule has 1 atom stereocenters. The zero-order valence-corrected chi connectivity index (χ0v) is 14.6. The first-order chi connectivity index (χ1) is 11.8. The van der Waals surface area contributed by atoms with Crippen LogP contribution < -0.4 is 0 Å². The number of carbonyl (C=O) groups is 1. The number of nitrogens with zero attached hydrogens (tertiary/aromatic N) is 5. The summed E-state index contributed by atoms with van der Waals surface area (Å²) in [5.74, 6) is 0.0596. The summed E-state index contributed by atoms with van der Waals surface area (Å²) < 4.78 is 1.96. The average Bonchev–Trinajstić information content (AvgIpc) is 3.34. The number of amides is 1. The molecule has 1 aromatic rings. The minimum Gasteiger partial charge on any atom is -0.337 e. The van der Waals surface area contributed by atoms with E-state index in [0.717, 1.165) is 44.9 Å². The Bertz CT molecular complexity index is 560. The Kier molecular flexibility index (Phi) is 4.83. The number of likely N-dealkylation sites (tertiary alicyclic amines) is 2. The second-order valence-corrected chi connectivity index (χ2v) is 7.67. The monoisotopic (exact) mass is 331 g/mol. The van der Waals surface area contributed by atoms with Crippen LogP contribution in [0.15, 0.2) is 6.20 Å². The zero-order valence-electron chi connectivity index (χ0n) is 14.6. The molecule has 4 rings (SSSR count). The Hall–Kier alpha value is -1.43. The van der Waals surface area contributed by atoms with Crippen LogP contribution >= 0.6 is 0 Å². The Morgan fingerprint density at radius 1 is 0.917 bits per heavy atom. The molecular weight excluding hydrogens is 302 g/mol. The van der Waals surface area contributed by atoms with Crippen molar-refractivity contribution in [2.45, 2.75) is 69.9 Å². The summed E-state index contributed by atoms with van der Waals surface area (Å²) in [4.78, 5) is 17.2. The lowest BCUT2D eigenvalue weighted by molar-refractivity contribution is 0.0718. The molecule has 6 heteroatoms. The molecule has 1 amide bonds. The van der Waals surface area contributed by atoms with E-state index < -0.39 is 0 Å². The summed E-state index contributed by atoms with van der Waals surface area (Å²) >= 11 is 0. The minimum atomic E-state index is 0.0596. The standard InChI is InChI=1S/C18H29N5O/c24-18(21-10-4-1-5-11-21)17-14-23(20-19-17)16-9-6-12-22(13-16)15-7-2-3-8-15/h14-16H,1-13H2. The van der Waals surface area contributed by atoms with Crippen LogP contribution in [0.2, 0.25) is 0 Å². The van der Waals surface area contributed by atoms with E-state index >= 15 is 0 Å². The molecule has 1 saturated carbocycles. The second-order valence-electron chi connectivity index (χ2n) is 7.67. The first kappa shape index (κ1) is 16.1. The fraction of sp³-hybridized carbons (Fsp3) is 0.833. The third-order valence-electron chi connectivity index (χ3n) is 6.02. The van der Waals surface area contributed by atoms with Gasteiger partial charge in [-0.15, -0.1) is 5.10 Å². The molecule has 0 spiro atoms. The van der Waals surface area contributed by atoms with Crippen molar-refractivity contribution in [2.24, 2.45) is 0 Å². The highest BCUT2D eigenvalue weighted by molar-refractivity contribution is 5.91. The van der Waals surface area contributed by atoms with Crippen molar-refractivity contribution < 1.29 is 4.79 Å². The topological polar surface area (TPSA) is 54.3 Å². The summed E-state index contributed by atoms with van der Waals surface area (Å²) in [5.41, 5.74) is 0.523. The van der Waals surface area contributed by atoms with Gasteiger partial charge in [0.2, 0.25) is 0 Å². The lowest BCUT2D eigenvalue weighted by Crippen LogP contribution is -2.42. The zero-order chi connectivity index (χ0) is 16.4. The fourth-order valence-electron chi connectivity index (χ4n) is 4.61. The maximum absolute atomic E-state index is 12.6.